The summed E-state index contributed by atoms with van der Waals surface area (Å²) >= 11 is 0. The maximum absolute atomic E-state index is 11.8. The minimum atomic E-state index is -3.31. The molecule has 104 valence electrons. The van der Waals surface area contributed by atoms with Crippen LogP contribution >= 0.6 is 0 Å². The van der Waals surface area contributed by atoms with Gasteiger partial charge in [0.2, 0.25) is 10.0 Å². The van der Waals surface area contributed by atoms with Crippen LogP contribution in [0.1, 0.15) is 25.8 Å². The average molecular weight is 281 g/mol. The molecule has 0 aliphatic carbocycles. The van der Waals surface area contributed by atoms with Crippen molar-refractivity contribution >= 4 is 15.7 Å². The summed E-state index contributed by atoms with van der Waals surface area (Å²) in [5.74, 6) is 5.83. The van der Waals surface area contributed by atoms with E-state index in [-0.39, 0.29) is 18.3 Å². The number of aliphatic hydroxyl groups is 1. The monoisotopic (exact) mass is 281 g/mol. The third-order valence-corrected chi connectivity index (χ3v) is 3.81. The molecule has 19 heavy (non-hydrogen) atoms. The Bertz CT molecular complexity index is 568. The summed E-state index contributed by atoms with van der Waals surface area (Å²) < 4.78 is 26.1. The van der Waals surface area contributed by atoms with Gasteiger partial charge in [0.1, 0.15) is 0 Å². The van der Waals surface area contributed by atoms with E-state index in [9.17, 15) is 8.42 Å². The molecule has 0 heterocycles. The Balaban J connectivity index is 2.81. The molecular formula is C14H19NO3S. The molecule has 4 nitrogen and oxygen atoms in total. The van der Waals surface area contributed by atoms with E-state index in [0.29, 0.717) is 12.1 Å². The number of sulfonamides is 1. The standard InChI is InChI=1S/C14H19NO3S/c1-12(2)11-19(17,18)15-14-8-5-7-13(10-14)6-3-4-9-16/h5,7-8,10,12,15-16H,4,9,11H2,1-2H3. The Labute approximate surface area is 114 Å². The van der Waals surface area contributed by atoms with Crippen LogP contribution in [0.4, 0.5) is 5.69 Å². The molecule has 0 aliphatic rings. The lowest BCUT2D eigenvalue weighted by molar-refractivity contribution is 0.305. The second kappa shape index (κ2) is 7.17. The summed E-state index contributed by atoms with van der Waals surface area (Å²) in [4.78, 5) is 0. The molecule has 0 amide bonds. The van der Waals surface area contributed by atoms with E-state index in [1.165, 1.54) is 0 Å². The van der Waals surface area contributed by atoms with Crippen LogP contribution in [-0.4, -0.2) is 25.9 Å². The minimum absolute atomic E-state index is 0.0215. The summed E-state index contributed by atoms with van der Waals surface area (Å²) in [6, 6.07) is 6.91. The van der Waals surface area contributed by atoms with Gasteiger partial charge in [0.25, 0.3) is 0 Å². The molecule has 0 atom stereocenters. The molecule has 0 unspecified atom stereocenters. The lowest BCUT2D eigenvalue weighted by Crippen LogP contribution is -2.20. The highest BCUT2D eigenvalue weighted by Gasteiger charge is 2.12. The lowest BCUT2D eigenvalue weighted by atomic mass is 10.2. The maximum atomic E-state index is 11.8. The zero-order valence-electron chi connectivity index (χ0n) is 11.2. The molecule has 0 saturated heterocycles. The molecule has 0 radical (unpaired) electrons. The SMILES string of the molecule is CC(C)CS(=O)(=O)Nc1cccc(C#CCCO)c1. The highest BCUT2D eigenvalue weighted by atomic mass is 32.2. The van der Waals surface area contributed by atoms with E-state index in [0.717, 1.165) is 5.56 Å². The van der Waals surface area contributed by atoms with E-state index in [4.69, 9.17) is 5.11 Å². The van der Waals surface area contributed by atoms with Gasteiger partial charge in [-0.25, -0.2) is 8.42 Å². The van der Waals surface area contributed by atoms with Gasteiger partial charge in [0.05, 0.1) is 12.4 Å². The van der Waals surface area contributed by atoms with E-state index < -0.39 is 10.0 Å². The van der Waals surface area contributed by atoms with Gasteiger partial charge in [0.15, 0.2) is 0 Å². The van der Waals surface area contributed by atoms with E-state index in [1.54, 1.807) is 24.3 Å². The number of benzene rings is 1. The normalized spacial score (nSPS) is 10.9. The van der Waals surface area contributed by atoms with Crippen molar-refractivity contribution in [2.75, 3.05) is 17.1 Å². The molecule has 2 N–H and O–H groups in total. The first-order valence-corrected chi connectivity index (χ1v) is 7.78. The van der Waals surface area contributed by atoms with E-state index >= 15 is 0 Å². The quantitative estimate of drug-likeness (QED) is 0.809. The second-order valence-corrected chi connectivity index (χ2v) is 6.40. The predicted molar refractivity (Wildman–Crippen MR) is 77.3 cm³/mol. The van der Waals surface area contributed by atoms with Crippen molar-refractivity contribution in [2.24, 2.45) is 5.92 Å². The Morgan fingerprint density at radius 1 is 1.37 bits per heavy atom. The van der Waals surface area contributed by atoms with Gasteiger partial charge in [-0.3, -0.25) is 4.72 Å². The van der Waals surface area contributed by atoms with E-state index in [2.05, 4.69) is 16.6 Å². The number of aliphatic hydroxyl groups excluding tert-OH is 1. The van der Waals surface area contributed by atoms with Gasteiger partial charge >= 0.3 is 0 Å². The molecule has 1 aromatic carbocycles. The number of hydrogen-bond donors (Lipinski definition) is 2. The van der Waals surface area contributed by atoms with Crippen LogP contribution in [0.5, 0.6) is 0 Å². The van der Waals surface area contributed by atoms with Crippen LogP contribution in [0.25, 0.3) is 0 Å². The second-order valence-electron chi connectivity index (χ2n) is 4.63. The third-order valence-electron chi connectivity index (χ3n) is 2.16. The first-order chi connectivity index (χ1) is 8.93. The summed E-state index contributed by atoms with van der Waals surface area (Å²) in [5.41, 5.74) is 1.23. The Hall–Kier alpha value is -1.51. The van der Waals surface area contributed by atoms with Crippen molar-refractivity contribution in [1.82, 2.24) is 0 Å². The summed E-state index contributed by atoms with van der Waals surface area (Å²) in [7, 11) is -3.31. The fraction of sp³-hybridized carbons (Fsp3) is 0.429. The largest absolute Gasteiger partial charge is 0.395 e. The number of hydrogen-bond acceptors (Lipinski definition) is 3. The van der Waals surface area contributed by atoms with Crippen molar-refractivity contribution in [2.45, 2.75) is 20.3 Å². The predicted octanol–water partition coefficient (Wildman–Crippen LogP) is 1.82. The number of nitrogens with one attached hydrogen (secondary N) is 1. The molecule has 0 aliphatic heterocycles. The average Bonchev–Trinajstić information content (AvgIpc) is 2.27. The van der Waals surface area contributed by atoms with Crippen LogP contribution in [0, 0.1) is 17.8 Å². The van der Waals surface area contributed by atoms with Gasteiger partial charge in [-0.2, -0.15) is 0 Å². The summed E-state index contributed by atoms with van der Waals surface area (Å²) in [5, 5.41) is 8.64. The molecular weight excluding hydrogens is 262 g/mol. The van der Waals surface area contributed by atoms with Crippen LogP contribution in [0.3, 0.4) is 0 Å². The molecule has 0 aromatic heterocycles. The summed E-state index contributed by atoms with van der Waals surface area (Å²) in [6.07, 6.45) is 0.406. The van der Waals surface area contributed by atoms with Crippen LogP contribution < -0.4 is 4.72 Å². The van der Waals surface area contributed by atoms with Crippen LogP contribution in [-0.2, 0) is 10.0 Å². The van der Waals surface area contributed by atoms with Gasteiger partial charge in [-0.15, -0.1) is 0 Å². The van der Waals surface area contributed by atoms with Crippen LogP contribution in [0.15, 0.2) is 24.3 Å². The fourth-order valence-corrected chi connectivity index (χ4v) is 2.99. The van der Waals surface area contributed by atoms with Gasteiger partial charge < -0.3 is 5.11 Å². The number of rotatable bonds is 5. The smallest absolute Gasteiger partial charge is 0.232 e. The van der Waals surface area contributed by atoms with Crippen molar-refractivity contribution in [3.8, 4) is 11.8 Å². The fourth-order valence-electron chi connectivity index (χ4n) is 1.54. The van der Waals surface area contributed by atoms with Crippen molar-refractivity contribution in [3.05, 3.63) is 29.8 Å². The Morgan fingerprint density at radius 3 is 2.74 bits per heavy atom. The topological polar surface area (TPSA) is 66.4 Å². The molecule has 0 spiro atoms. The molecule has 1 rings (SSSR count). The highest BCUT2D eigenvalue weighted by molar-refractivity contribution is 7.92. The van der Waals surface area contributed by atoms with Crippen molar-refractivity contribution < 1.29 is 13.5 Å². The van der Waals surface area contributed by atoms with Crippen molar-refractivity contribution in [1.29, 1.82) is 0 Å². The minimum Gasteiger partial charge on any atom is -0.395 e. The zero-order valence-corrected chi connectivity index (χ0v) is 12.0. The maximum Gasteiger partial charge on any atom is 0.232 e. The van der Waals surface area contributed by atoms with E-state index in [1.807, 2.05) is 13.8 Å². The first-order valence-electron chi connectivity index (χ1n) is 6.13. The Kier molecular flexibility index (Phi) is 5.87. The molecule has 1 aromatic rings. The van der Waals surface area contributed by atoms with Crippen LogP contribution in [0.2, 0.25) is 0 Å². The molecule has 0 fully saturated rings. The molecule has 0 saturated carbocycles. The highest BCUT2D eigenvalue weighted by Crippen LogP contribution is 2.13. The van der Waals surface area contributed by atoms with Crippen molar-refractivity contribution in [3.63, 3.8) is 0 Å². The van der Waals surface area contributed by atoms with Gasteiger partial charge in [-0.05, 0) is 24.1 Å². The third kappa shape index (κ3) is 6.27. The number of anilines is 1. The lowest BCUT2D eigenvalue weighted by Gasteiger charge is -2.09. The Morgan fingerprint density at radius 2 is 2.11 bits per heavy atom. The zero-order chi connectivity index (χ0) is 14.3. The first kappa shape index (κ1) is 15.5. The summed E-state index contributed by atoms with van der Waals surface area (Å²) in [6.45, 7) is 3.74. The van der Waals surface area contributed by atoms with Gasteiger partial charge in [0, 0.05) is 17.7 Å². The van der Waals surface area contributed by atoms with Gasteiger partial charge in [-0.1, -0.05) is 31.8 Å². The molecule has 5 heteroatoms. The molecule has 0 bridgehead atoms.